The molecule has 1 amide bonds. The summed E-state index contributed by atoms with van der Waals surface area (Å²) in [7, 11) is 1.52. The zero-order chi connectivity index (χ0) is 15.2. The minimum atomic E-state index is -1.07. The van der Waals surface area contributed by atoms with Crippen LogP contribution in [-0.2, 0) is 13.1 Å². The van der Waals surface area contributed by atoms with Crippen LogP contribution < -0.4 is 21.3 Å². The Morgan fingerprint density at radius 1 is 1.48 bits per heavy atom. The zero-order valence-corrected chi connectivity index (χ0v) is 11.4. The largest absolute Gasteiger partial charge is 0.481 e. The normalized spacial score (nSPS) is 10.2. The van der Waals surface area contributed by atoms with Gasteiger partial charge in [0, 0.05) is 24.4 Å². The van der Waals surface area contributed by atoms with Gasteiger partial charge in [-0.05, 0) is 11.6 Å². The summed E-state index contributed by atoms with van der Waals surface area (Å²) >= 11 is 0. The Bertz CT molecular complexity index is 605. The third-order valence-electron chi connectivity index (χ3n) is 2.69. The van der Waals surface area contributed by atoms with Crippen LogP contribution in [0.2, 0.25) is 0 Å². The van der Waals surface area contributed by atoms with E-state index in [1.165, 1.54) is 7.11 Å². The maximum atomic E-state index is 10.4. The summed E-state index contributed by atoms with van der Waals surface area (Å²) in [6.45, 7) is 0.700. The molecule has 0 bridgehead atoms. The first kappa shape index (κ1) is 14.6. The van der Waals surface area contributed by atoms with Gasteiger partial charge in [-0.25, -0.2) is 10.6 Å². The van der Waals surface area contributed by atoms with Crippen molar-refractivity contribution in [3.63, 3.8) is 0 Å². The standard InChI is InChI=1S/C12H16N6O3/c1-21-11-3-8(2-10(16-11)17-13)6-18-7-9(5-15-18)4-14-12(19)20/h2-3,5,7,14H,4,6,13H2,1H3,(H,16,17)(H,19,20). The first-order valence-electron chi connectivity index (χ1n) is 6.10. The highest BCUT2D eigenvalue weighted by Crippen LogP contribution is 2.16. The molecule has 21 heavy (non-hydrogen) atoms. The molecule has 5 N–H and O–H groups in total. The van der Waals surface area contributed by atoms with Gasteiger partial charge in [0.15, 0.2) is 0 Å². The van der Waals surface area contributed by atoms with Crippen molar-refractivity contribution in [2.45, 2.75) is 13.1 Å². The number of anilines is 1. The van der Waals surface area contributed by atoms with Crippen LogP contribution in [0.5, 0.6) is 5.88 Å². The Balaban J connectivity index is 2.09. The number of nitrogens with two attached hydrogens (primary N) is 1. The molecule has 112 valence electrons. The summed E-state index contributed by atoms with van der Waals surface area (Å²) in [5.74, 6) is 6.29. The van der Waals surface area contributed by atoms with Crippen LogP contribution in [0.1, 0.15) is 11.1 Å². The van der Waals surface area contributed by atoms with Gasteiger partial charge in [0.25, 0.3) is 0 Å². The van der Waals surface area contributed by atoms with Gasteiger partial charge in [-0.2, -0.15) is 10.1 Å². The predicted molar refractivity (Wildman–Crippen MR) is 74.8 cm³/mol. The number of methoxy groups -OCH3 is 1. The second kappa shape index (κ2) is 6.57. The van der Waals surface area contributed by atoms with Gasteiger partial charge in [0.05, 0.1) is 19.9 Å². The molecule has 0 atom stereocenters. The van der Waals surface area contributed by atoms with Gasteiger partial charge >= 0.3 is 6.09 Å². The lowest BCUT2D eigenvalue weighted by Crippen LogP contribution is -2.19. The van der Waals surface area contributed by atoms with Gasteiger partial charge in [0.2, 0.25) is 5.88 Å². The number of aromatic nitrogens is 3. The van der Waals surface area contributed by atoms with E-state index in [9.17, 15) is 4.79 Å². The van der Waals surface area contributed by atoms with E-state index in [1.54, 1.807) is 29.2 Å². The molecule has 0 aliphatic rings. The van der Waals surface area contributed by atoms with Gasteiger partial charge in [-0.3, -0.25) is 4.68 Å². The zero-order valence-electron chi connectivity index (χ0n) is 11.4. The van der Waals surface area contributed by atoms with Crippen LogP contribution in [0, 0.1) is 0 Å². The fourth-order valence-corrected chi connectivity index (χ4v) is 1.78. The number of nitrogen functional groups attached to an aromatic ring is 1. The van der Waals surface area contributed by atoms with Crippen molar-refractivity contribution in [2.75, 3.05) is 12.5 Å². The van der Waals surface area contributed by atoms with Crippen molar-refractivity contribution in [2.24, 2.45) is 5.84 Å². The molecule has 2 rings (SSSR count). The number of pyridine rings is 1. The number of carboxylic acid groups (broad SMARTS) is 1. The number of rotatable bonds is 6. The van der Waals surface area contributed by atoms with Crippen LogP contribution in [0.4, 0.5) is 10.6 Å². The molecule has 9 nitrogen and oxygen atoms in total. The minimum absolute atomic E-state index is 0.213. The lowest BCUT2D eigenvalue weighted by atomic mass is 10.2. The van der Waals surface area contributed by atoms with Crippen molar-refractivity contribution in [3.8, 4) is 5.88 Å². The molecule has 2 aromatic heterocycles. The van der Waals surface area contributed by atoms with E-state index in [0.29, 0.717) is 18.2 Å². The SMILES string of the molecule is COc1cc(Cn2cc(CNC(=O)O)cn2)cc(NN)n1. The third-order valence-corrected chi connectivity index (χ3v) is 2.69. The van der Waals surface area contributed by atoms with E-state index < -0.39 is 6.09 Å². The molecular formula is C12H16N6O3. The van der Waals surface area contributed by atoms with Crippen LogP contribution in [0.25, 0.3) is 0 Å². The smallest absolute Gasteiger partial charge is 0.404 e. The Morgan fingerprint density at radius 3 is 2.95 bits per heavy atom. The molecule has 0 radical (unpaired) electrons. The predicted octanol–water partition coefficient (Wildman–Crippen LogP) is 0.388. The molecule has 0 unspecified atom stereocenters. The van der Waals surface area contributed by atoms with Gasteiger partial charge in [-0.1, -0.05) is 0 Å². The molecule has 0 aliphatic heterocycles. The maximum absolute atomic E-state index is 10.4. The second-order valence-corrected chi connectivity index (χ2v) is 4.25. The number of nitrogens with one attached hydrogen (secondary N) is 2. The van der Waals surface area contributed by atoms with Crippen molar-refractivity contribution < 1.29 is 14.6 Å². The highest BCUT2D eigenvalue weighted by molar-refractivity contribution is 5.64. The fraction of sp³-hybridized carbons (Fsp3) is 0.250. The monoisotopic (exact) mass is 292 g/mol. The van der Waals surface area contributed by atoms with Crippen LogP contribution in [0.15, 0.2) is 24.5 Å². The maximum Gasteiger partial charge on any atom is 0.404 e. The third kappa shape index (κ3) is 4.08. The highest BCUT2D eigenvalue weighted by atomic mass is 16.5. The van der Waals surface area contributed by atoms with Crippen LogP contribution in [0.3, 0.4) is 0 Å². The number of amides is 1. The van der Waals surface area contributed by atoms with E-state index in [2.05, 4.69) is 20.8 Å². The summed E-state index contributed by atoms with van der Waals surface area (Å²) in [5.41, 5.74) is 4.14. The summed E-state index contributed by atoms with van der Waals surface area (Å²) in [4.78, 5) is 14.5. The van der Waals surface area contributed by atoms with Gasteiger partial charge in [0.1, 0.15) is 5.82 Å². The molecule has 0 aromatic carbocycles. The molecule has 0 saturated heterocycles. The quantitative estimate of drug-likeness (QED) is 0.448. The molecule has 2 heterocycles. The van der Waals surface area contributed by atoms with E-state index in [4.69, 9.17) is 15.7 Å². The fourth-order valence-electron chi connectivity index (χ4n) is 1.78. The Hall–Kier alpha value is -2.81. The molecule has 2 aromatic rings. The number of nitrogens with zero attached hydrogens (tertiary/aromatic N) is 3. The molecule has 0 spiro atoms. The lowest BCUT2D eigenvalue weighted by Gasteiger charge is -2.07. The second-order valence-electron chi connectivity index (χ2n) is 4.25. The number of hydrogen-bond acceptors (Lipinski definition) is 6. The minimum Gasteiger partial charge on any atom is -0.481 e. The average Bonchev–Trinajstić information content (AvgIpc) is 2.92. The molecule has 0 aliphatic carbocycles. The Kier molecular flexibility index (Phi) is 4.57. The first-order chi connectivity index (χ1) is 10.1. The topological polar surface area (TPSA) is 127 Å². The molecule has 0 saturated carbocycles. The molecule has 9 heteroatoms. The van der Waals surface area contributed by atoms with Crippen molar-refractivity contribution in [1.82, 2.24) is 20.1 Å². The van der Waals surface area contributed by atoms with Crippen LogP contribution in [-0.4, -0.2) is 33.1 Å². The summed E-state index contributed by atoms with van der Waals surface area (Å²) in [6.07, 6.45) is 2.30. The summed E-state index contributed by atoms with van der Waals surface area (Å²) in [5, 5.41) is 15.0. The number of hydrogen-bond donors (Lipinski definition) is 4. The van der Waals surface area contributed by atoms with E-state index in [1.807, 2.05) is 0 Å². The average molecular weight is 292 g/mol. The van der Waals surface area contributed by atoms with Crippen LogP contribution >= 0.6 is 0 Å². The Labute approximate surface area is 120 Å². The van der Waals surface area contributed by atoms with Crippen molar-refractivity contribution >= 4 is 11.9 Å². The lowest BCUT2D eigenvalue weighted by molar-refractivity contribution is 0.194. The summed E-state index contributed by atoms with van der Waals surface area (Å²) in [6, 6.07) is 3.55. The van der Waals surface area contributed by atoms with E-state index in [0.717, 1.165) is 11.1 Å². The van der Waals surface area contributed by atoms with Gasteiger partial charge < -0.3 is 20.6 Å². The molecule has 0 fully saturated rings. The first-order valence-corrected chi connectivity index (χ1v) is 6.10. The van der Waals surface area contributed by atoms with Gasteiger partial charge in [-0.15, -0.1) is 0 Å². The number of hydrazine groups is 1. The van der Waals surface area contributed by atoms with E-state index >= 15 is 0 Å². The number of ether oxygens (including phenoxy) is 1. The van der Waals surface area contributed by atoms with E-state index in [-0.39, 0.29) is 6.54 Å². The van der Waals surface area contributed by atoms with Crippen molar-refractivity contribution in [3.05, 3.63) is 35.7 Å². The number of carbonyl (C=O) groups is 1. The van der Waals surface area contributed by atoms with Crippen molar-refractivity contribution in [1.29, 1.82) is 0 Å². The summed E-state index contributed by atoms with van der Waals surface area (Å²) < 4.78 is 6.78. The Morgan fingerprint density at radius 2 is 2.29 bits per heavy atom. The highest BCUT2D eigenvalue weighted by Gasteiger charge is 2.05. The molecular weight excluding hydrogens is 276 g/mol.